The van der Waals surface area contributed by atoms with Crippen molar-refractivity contribution in [3.8, 4) is 0 Å². The Morgan fingerprint density at radius 2 is 1.41 bits per heavy atom. The molecule has 0 aromatic rings. The molecule has 0 aromatic heterocycles. The van der Waals surface area contributed by atoms with Crippen LogP contribution in [0, 0.1) is 17.8 Å². The van der Waals surface area contributed by atoms with Gasteiger partial charge in [0.05, 0.1) is 0 Å². The SMILES string of the molecule is CCCN(CCC)CCC.O=S(=O)(O)C(F)(F)C(F)(F)C1CC2CCC1C2. The van der Waals surface area contributed by atoms with Crippen molar-refractivity contribution in [3.63, 3.8) is 0 Å². The highest BCUT2D eigenvalue weighted by molar-refractivity contribution is 7.87. The topological polar surface area (TPSA) is 57.6 Å². The van der Waals surface area contributed by atoms with E-state index >= 15 is 0 Å². The standard InChI is InChI=1S/C9H12F4O3S.C9H21N/c10-8(11,9(12,13)17(14,15)16)7-4-5-1-2-6(7)3-5;1-4-7-10(8-5-2)9-6-3/h5-7H,1-4H2,(H,14,15,16);4-9H2,1-3H3. The van der Waals surface area contributed by atoms with Crippen LogP contribution in [-0.2, 0) is 10.1 Å². The van der Waals surface area contributed by atoms with Crippen LogP contribution in [0.5, 0.6) is 0 Å². The van der Waals surface area contributed by atoms with Crippen molar-refractivity contribution >= 4 is 10.1 Å². The molecule has 2 rings (SSSR count). The van der Waals surface area contributed by atoms with Gasteiger partial charge < -0.3 is 4.90 Å². The second-order valence-corrected chi connectivity index (χ2v) is 9.20. The van der Waals surface area contributed by atoms with Gasteiger partial charge in [0.15, 0.2) is 0 Å². The fourth-order valence-electron chi connectivity index (χ4n) is 4.36. The van der Waals surface area contributed by atoms with Gasteiger partial charge in [0.1, 0.15) is 0 Å². The molecule has 0 aromatic carbocycles. The Hall–Kier alpha value is -0.410. The summed E-state index contributed by atoms with van der Waals surface area (Å²) in [7, 11) is -6.10. The lowest BCUT2D eigenvalue weighted by Gasteiger charge is -2.33. The third-order valence-electron chi connectivity index (χ3n) is 5.54. The predicted octanol–water partition coefficient (Wildman–Crippen LogP) is 5.06. The molecule has 4 nitrogen and oxygen atoms in total. The van der Waals surface area contributed by atoms with E-state index < -0.39 is 33.1 Å². The van der Waals surface area contributed by atoms with E-state index in [1.807, 2.05) is 0 Å². The van der Waals surface area contributed by atoms with Crippen molar-refractivity contribution in [3.05, 3.63) is 0 Å². The number of nitrogens with zero attached hydrogens (tertiary/aromatic N) is 1. The molecule has 3 atom stereocenters. The van der Waals surface area contributed by atoms with Gasteiger partial charge in [0.25, 0.3) is 0 Å². The third-order valence-corrected chi connectivity index (χ3v) is 6.46. The number of alkyl halides is 4. The van der Waals surface area contributed by atoms with Crippen LogP contribution in [0.25, 0.3) is 0 Å². The molecule has 1 N–H and O–H groups in total. The Morgan fingerprint density at radius 1 is 0.926 bits per heavy atom. The zero-order chi connectivity index (χ0) is 20.9. The molecule has 2 aliphatic rings. The highest BCUT2D eigenvalue weighted by Crippen LogP contribution is 2.58. The second kappa shape index (κ2) is 9.87. The van der Waals surface area contributed by atoms with Crippen molar-refractivity contribution in [1.29, 1.82) is 0 Å². The Labute approximate surface area is 160 Å². The molecule has 2 saturated carbocycles. The van der Waals surface area contributed by atoms with Crippen LogP contribution in [-0.4, -0.2) is 48.7 Å². The minimum atomic E-state index is -6.10. The van der Waals surface area contributed by atoms with Crippen molar-refractivity contribution in [2.24, 2.45) is 17.8 Å². The average molecular weight is 420 g/mol. The molecular formula is C18H33F4NO3S. The molecule has 3 unspecified atom stereocenters. The van der Waals surface area contributed by atoms with E-state index in [9.17, 15) is 26.0 Å². The highest BCUT2D eigenvalue weighted by Gasteiger charge is 2.71. The molecule has 0 spiro atoms. The zero-order valence-electron chi connectivity index (χ0n) is 16.4. The van der Waals surface area contributed by atoms with E-state index in [1.54, 1.807) is 0 Å². The lowest BCUT2D eigenvalue weighted by Crippen LogP contribution is -2.52. The van der Waals surface area contributed by atoms with Gasteiger partial charge in [-0.1, -0.05) is 27.2 Å². The molecule has 27 heavy (non-hydrogen) atoms. The van der Waals surface area contributed by atoms with E-state index in [2.05, 4.69) is 25.7 Å². The van der Waals surface area contributed by atoms with Gasteiger partial charge in [0, 0.05) is 5.92 Å². The number of hydrogen-bond donors (Lipinski definition) is 1. The van der Waals surface area contributed by atoms with E-state index in [4.69, 9.17) is 4.55 Å². The Balaban J connectivity index is 0.000000314. The van der Waals surface area contributed by atoms with Crippen molar-refractivity contribution in [1.82, 2.24) is 4.90 Å². The molecule has 0 saturated heterocycles. The lowest BCUT2D eigenvalue weighted by molar-refractivity contribution is -0.202. The summed E-state index contributed by atoms with van der Waals surface area (Å²) >= 11 is 0. The summed E-state index contributed by atoms with van der Waals surface area (Å²) in [5, 5.41) is -5.41. The Bertz CT molecular complexity index is 543. The number of halogens is 4. The lowest BCUT2D eigenvalue weighted by atomic mass is 9.84. The molecule has 0 amide bonds. The van der Waals surface area contributed by atoms with E-state index in [0.717, 1.165) is 6.42 Å². The van der Waals surface area contributed by atoms with Crippen LogP contribution in [0.1, 0.15) is 65.7 Å². The monoisotopic (exact) mass is 419 g/mol. The zero-order valence-corrected chi connectivity index (χ0v) is 17.3. The second-order valence-electron chi connectivity index (χ2n) is 7.74. The summed E-state index contributed by atoms with van der Waals surface area (Å²) < 4.78 is 82.4. The van der Waals surface area contributed by atoms with Gasteiger partial charge in [-0.25, -0.2) is 0 Å². The Kier molecular flexibility index (Phi) is 9.00. The first kappa shape index (κ1) is 24.6. The molecule has 9 heteroatoms. The largest absolute Gasteiger partial charge is 0.431 e. The first-order valence-electron chi connectivity index (χ1n) is 9.87. The van der Waals surface area contributed by atoms with Gasteiger partial charge >= 0.3 is 21.3 Å². The molecule has 2 bridgehead atoms. The summed E-state index contributed by atoms with van der Waals surface area (Å²) in [6.45, 7) is 10.6. The van der Waals surface area contributed by atoms with Crippen molar-refractivity contribution in [2.75, 3.05) is 19.6 Å². The summed E-state index contributed by atoms with van der Waals surface area (Å²) in [5.74, 6) is -6.95. The first-order chi connectivity index (χ1) is 12.4. The van der Waals surface area contributed by atoms with Crippen LogP contribution in [0.2, 0.25) is 0 Å². The van der Waals surface area contributed by atoms with E-state index in [1.165, 1.54) is 38.9 Å². The molecule has 0 heterocycles. The van der Waals surface area contributed by atoms with Gasteiger partial charge in [-0.2, -0.15) is 26.0 Å². The minimum Gasteiger partial charge on any atom is -0.303 e. The molecule has 162 valence electrons. The summed E-state index contributed by atoms with van der Waals surface area (Å²) in [6.07, 6.45) is 5.38. The van der Waals surface area contributed by atoms with Gasteiger partial charge in [0.2, 0.25) is 0 Å². The first-order valence-corrected chi connectivity index (χ1v) is 11.3. The molecular weight excluding hydrogens is 386 g/mol. The molecule has 2 aliphatic carbocycles. The van der Waals surface area contributed by atoms with E-state index in [0.29, 0.717) is 12.8 Å². The highest BCUT2D eigenvalue weighted by atomic mass is 32.2. The van der Waals surface area contributed by atoms with Crippen LogP contribution in [0.3, 0.4) is 0 Å². The summed E-state index contributed by atoms with van der Waals surface area (Å²) in [4.78, 5) is 2.54. The normalized spacial score (nSPS) is 25.6. The summed E-state index contributed by atoms with van der Waals surface area (Å²) in [5.41, 5.74) is 0. The van der Waals surface area contributed by atoms with Gasteiger partial charge in [-0.15, -0.1) is 0 Å². The van der Waals surface area contributed by atoms with Gasteiger partial charge in [-0.05, 0) is 70.0 Å². The van der Waals surface area contributed by atoms with Crippen LogP contribution in [0.4, 0.5) is 17.6 Å². The average Bonchev–Trinajstić information content (AvgIpc) is 3.18. The van der Waals surface area contributed by atoms with Crippen LogP contribution < -0.4 is 0 Å². The summed E-state index contributed by atoms with van der Waals surface area (Å²) in [6, 6.07) is 0. The number of hydrogen-bond acceptors (Lipinski definition) is 3. The minimum absolute atomic E-state index is 0.0203. The van der Waals surface area contributed by atoms with Crippen LogP contribution in [0.15, 0.2) is 0 Å². The predicted molar refractivity (Wildman–Crippen MR) is 97.7 cm³/mol. The van der Waals surface area contributed by atoms with Crippen molar-refractivity contribution in [2.45, 2.75) is 76.9 Å². The maximum atomic E-state index is 13.6. The quantitative estimate of drug-likeness (QED) is 0.419. The van der Waals surface area contributed by atoms with Crippen molar-refractivity contribution < 1.29 is 30.5 Å². The maximum Gasteiger partial charge on any atom is 0.431 e. The fraction of sp³-hybridized carbons (Fsp3) is 1.00. The molecule has 2 fully saturated rings. The number of rotatable bonds is 9. The maximum absolute atomic E-state index is 13.6. The van der Waals surface area contributed by atoms with Gasteiger partial charge in [-0.3, -0.25) is 4.55 Å². The van der Waals surface area contributed by atoms with E-state index in [-0.39, 0.29) is 12.3 Å². The molecule has 0 radical (unpaired) electrons. The molecule has 0 aliphatic heterocycles. The Morgan fingerprint density at radius 3 is 1.70 bits per heavy atom. The van der Waals surface area contributed by atoms with Crippen LogP contribution >= 0.6 is 0 Å². The smallest absolute Gasteiger partial charge is 0.303 e. The third kappa shape index (κ3) is 5.79. The fourth-order valence-corrected chi connectivity index (χ4v) is 4.86. The number of fused-ring (bicyclic) bond motifs is 2.